The molecular formula is C33H28N4O4. The lowest BCUT2D eigenvalue weighted by atomic mass is 10.1. The number of rotatable bonds is 12. The van der Waals surface area contributed by atoms with Crippen LogP contribution >= 0.6 is 0 Å². The van der Waals surface area contributed by atoms with Crippen LogP contribution in [0.4, 0.5) is 0 Å². The molecule has 2 N–H and O–H groups in total. The normalized spacial score (nSPS) is 10.1. The van der Waals surface area contributed by atoms with E-state index >= 15 is 0 Å². The summed E-state index contributed by atoms with van der Waals surface area (Å²) < 4.78 is 11.6. The number of hydrogen-bond acceptors (Lipinski definition) is 6. The van der Waals surface area contributed by atoms with Crippen LogP contribution < -0.4 is 20.1 Å². The van der Waals surface area contributed by atoms with E-state index in [1.165, 1.54) is 0 Å². The van der Waals surface area contributed by atoms with Crippen molar-refractivity contribution in [1.29, 1.82) is 10.5 Å². The Morgan fingerprint density at radius 3 is 1.27 bits per heavy atom. The summed E-state index contributed by atoms with van der Waals surface area (Å²) in [6.07, 6.45) is 0.699. The van der Waals surface area contributed by atoms with Crippen LogP contribution in [-0.2, 0) is 13.1 Å². The number of benzene rings is 4. The van der Waals surface area contributed by atoms with E-state index in [2.05, 4.69) is 10.6 Å². The number of carbonyl (C=O) groups excluding carboxylic acids is 2. The summed E-state index contributed by atoms with van der Waals surface area (Å²) >= 11 is 0. The van der Waals surface area contributed by atoms with Gasteiger partial charge in [0, 0.05) is 30.6 Å². The number of amides is 2. The maximum atomic E-state index is 12.3. The van der Waals surface area contributed by atoms with E-state index in [1.807, 2.05) is 60.7 Å². The number of ether oxygens (including phenoxy) is 2. The summed E-state index contributed by atoms with van der Waals surface area (Å²) in [5.41, 5.74) is 3.93. The van der Waals surface area contributed by atoms with Crippen molar-refractivity contribution in [2.45, 2.75) is 19.5 Å². The van der Waals surface area contributed by atoms with Crippen molar-refractivity contribution in [1.82, 2.24) is 10.6 Å². The summed E-state index contributed by atoms with van der Waals surface area (Å²) in [5, 5.41) is 23.5. The predicted molar refractivity (Wildman–Crippen MR) is 153 cm³/mol. The molecule has 0 atom stereocenters. The van der Waals surface area contributed by atoms with Gasteiger partial charge < -0.3 is 20.1 Å². The van der Waals surface area contributed by atoms with E-state index in [4.69, 9.17) is 20.0 Å². The van der Waals surface area contributed by atoms with Crippen LogP contribution in [0.15, 0.2) is 97.1 Å². The van der Waals surface area contributed by atoms with Crippen molar-refractivity contribution in [3.8, 4) is 23.6 Å². The molecule has 0 aromatic heterocycles. The van der Waals surface area contributed by atoms with Crippen LogP contribution in [0.2, 0.25) is 0 Å². The highest BCUT2D eigenvalue weighted by molar-refractivity contribution is 5.94. The molecule has 41 heavy (non-hydrogen) atoms. The first-order chi connectivity index (χ1) is 20.0. The third-order valence-corrected chi connectivity index (χ3v) is 6.13. The molecule has 204 valence electrons. The van der Waals surface area contributed by atoms with E-state index in [0.717, 1.165) is 22.6 Å². The average molecular weight is 545 g/mol. The molecular weight excluding hydrogens is 516 g/mol. The van der Waals surface area contributed by atoms with E-state index in [0.29, 0.717) is 55.0 Å². The van der Waals surface area contributed by atoms with Crippen molar-refractivity contribution < 1.29 is 19.1 Å². The summed E-state index contributed by atoms with van der Waals surface area (Å²) in [6.45, 7) is 1.76. The number of carbonyl (C=O) groups is 2. The largest absolute Gasteiger partial charge is 0.493 e. The molecule has 4 aromatic carbocycles. The molecule has 8 heteroatoms. The number of hydrogen-bond donors (Lipinski definition) is 2. The molecule has 0 heterocycles. The average Bonchev–Trinajstić information content (AvgIpc) is 3.03. The fraction of sp³-hybridized carbons (Fsp3) is 0.152. The first kappa shape index (κ1) is 28.4. The Morgan fingerprint density at radius 2 is 0.927 bits per heavy atom. The lowest BCUT2D eigenvalue weighted by Gasteiger charge is -2.10. The lowest BCUT2D eigenvalue weighted by molar-refractivity contribution is 0.0943. The minimum absolute atomic E-state index is 0.198. The maximum Gasteiger partial charge on any atom is 0.251 e. The smallest absolute Gasteiger partial charge is 0.251 e. The molecule has 4 aromatic rings. The Balaban J connectivity index is 1.10. The van der Waals surface area contributed by atoms with Gasteiger partial charge in [-0.3, -0.25) is 9.59 Å². The molecule has 8 nitrogen and oxygen atoms in total. The lowest BCUT2D eigenvalue weighted by Crippen LogP contribution is -2.22. The maximum absolute atomic E-state index is 12.3. The van der Waals surface area contributed by atoms with Crippen molar-refractivity contribution in [3.05, 3.63) is 130 Å². The first-order valence-corrected chi connectivity index (χ1v) is 13.0. The topological polar surface area (TPSA) is 124 Å². The minimum Gasteiger partial charge on any atom is -0.493 e. The second-order valence-electron chi connectivity index (χ2n) is 9.08. The quantitative estimate of drug-likeness (QED) is 0.238. The molecule has 0 aliphatic carbocycles. The molecule has 4 rings (SSSR count). The Labute approximate surface area is 238 Å². The van der Waals surface area contributed by atoms with Gasteiger partial charge in [0.05, 0.1) is 36.5 Å². The van der Waals surface area contributed by atoms with Gasteiger partial charge in [-0.1, -0.05) is 24.3 Å². The Hall–Kier alpha value is -5.60. The number of nitrogens with zero attached hydrogens (tertiary/aromatic N) is 2. The molecule has 0 fully saturated rings. The number of nitrogens with one attached hydrogen (secondary N) is 2. The monoisotopic (exact) mass is 544 g/mol. The van der Waals surface area contributed by atoms with Crippen molar-refractivity contribution in [2.75, 3.05) is 13.2 Å². The van der Waals surface area contributed by atoms with Gasteiger partial charge in [-0.2, -0.15) is 10.5 Å². The van der Waals surface area contributed by atoms with E-state index in [1.54, 1.807) is 48.5 Å². The van der Waals surface area contributed by atoms with Crippen LogP contribution in [0.3, 0.4) is 0 Å². The SMILES string of the molecule is N#Cc1ccc(C(=O)NCc2ccc(OCCCOc3ccc(CNC(=O)c4ccc(C#N)cc4)cc3)cc2)cc1. The molecule has 0 aliphatic heterocycles. The standard InChI is InChI=1S/C33H28N4O4/c34-20-24-2-10-28(11-3-24)32(38)36-22-26-6-14-30(15-7-26)40-18-1-19-41-31-16-8-27(9-17-31)23-37-33(39)29-12-4-25(21-35)5-13-29/h2-17H,1,18-19,22-23H2,(H,36,38)(H,37,39). The van der Waals surface area contributed by atoms with E-state index in [9.17, 15) is 9.59 Å². The predicted octanol–water partition coefficient (Wildman–Crippen LogP) is 5.14. The van der Waals surface area contributed by atoms with E-state index < -0.39 is 0 Å². The highest BCUT2D eigenvalue weighted by Crippen LogP contribution is 2.15. The third kappa shape index (κ3) is 8.71. The summed E-state index contributed by atoms with van der Waals surface area (Å²) in [5.74, 6) is 1.07. The van der Waals surface area contributed by atoms with Gasteiger partial charge in [0.25, 0.3) is 11.8 Å². The molecule has 2 amide bonds. The van der Waals surface area contributed by atoms with Crippen molar-refractivity contribution >= 4 is 11.8 Å². The van der Waals surface area contributed by atoms with Gasteiger partial charge >= 0.3 is 0 Å². The van der Waals surface area contributed by atoms with Gasteiger partial charge in [-0.05, 0) is 83.9 Å². The van der Waals surface area contributed by atoms with Crippen LogP contribution in [0.5, 0.6) is 11.5 Å². The van der Waals surface area contributed by atoms with Crippen LogP contribution in [0.25, 0.3) is 0 Å². The molecule has 0 saturated carbocycles. The highest BCUT2D eigenvalue weighted by atomic mass is 16.5. The second kappa shape index (κ2) is 14.5. The van der Waals surface area contributed by atoms with E-state index in [-0.39, 0.29) is 11.8 Å². The van der Waals surface area contributed by atoms with Gasteiger partial charge in [-0.15, -0.1) is 0 Å². The summed E-state index contributed by atoms with van der Waals surface area (Å²) in [6, 6.07) is 32.1. The zero-order valence-corrected chi connectivity index (χ0v) is 22.3. The van der Waals surface area contributed by atoms with Crippen LogP contribution in [0.1, 0.15) is 49.4 Å². The molecule has 0 aliphatic rings. The van der Waals surface area contributed by atoms with Gasteiger partial charge in [0.15, 0.2) is 0 Å². The second-order valence-corrected chi connectivity index (χ2v) is 9.08. The van der Waals surface area contributed by atoms with Crippen molar-refractivity contribution in [3.63, 3.8) is 0 Å². The molecule has 0 saturated heterocycles. The zero-order valence-electron chi connectivity index (χ0n) is 22.3. The Morgan fingerprint density at radius 1 is 0.561 bits per heavy atom. The minimum atomic E-state index is -0.198. The van der Waals surface area contributed by atoms with Crippen molar-refractivity contribution in [2.24, 2.45) is 0 Å². The highest BCUT2D eigenvalue weighted by Gasteiger charge is 2.07. The molecule has 0 radical (unpaired) electrons. The van der Waals surface area contributed by atoms with Crippen LogP contribution in [-0.4, -0.2) is 25.0 Å². The van der Waals surface area contributed by atoms with Gasteiger partial charge in [0.2, 0.25) is 0 Å². The first-order valence-electron chi connectivity index (χ1n) is 13.0. The number of nitriles is 2. The Kier molecular flexibility index (Phi) is 10.1. The molecule has 0 bridgehead atoms. The van der Waals surface area contributed by atoms with Gasteiger partial charge in [-0.25, -0.2) is 0 Å². The molecule has 0 spiro atoms. The fourth-order valence-electron chi connectivity index (χ4n) is 3.81. The summed E-state index contributed by atoms with van der Waals surface area (Å²) in [7, 11) is 0. The molecule has 0 unspecified atom stereocenters. The van der Waals surface area contributed by atoms with Gasteiger partial charge in [0.1, 0.15) is 11.5 Å². The summed E-state index contributed by atoms with van der Waals surface area (Å²) in [4.78, 5) is 24.5. The Bertz CT molecular complexity index is 1420. The zero-order chi connectivity index (χ0) is 28.9. The fourth-order valence-corrected chi connectivity index (χ4v) is 3.81. The van der Waals surface area contributed by atoms with Crippen LogP contribution in [0, 0.1) is 22.7 Å². The third-order valence-electron chi connectivity index (χ3n) is 6.13.